The Morgan fingerprint density at radius 3 is 3.09 bits per heavy atom. The van der Waals surface area contributed by atoms with E-state index in [2.05, 4.69) is 30.6 Å². The van der Waals surface area contributed by atoms with Gasteiger partial charge in [0.05, 0.1) is 37.5 Å². The minimum Gasteiger partial charge on any atom is -0.461 e. The molecule has 9 nitrogen and oxygen atoms in total. The first-order valence-electron chi connectivity index (χ1n) is 6.99. The molecular formula is C14H13N7O2. The van der Waals surface area contributed by atoms with Gasteiger partial charge in [0, 0.05) is 6.20 Å². The number of fused-ring (bicyclic) bond motifs is 1. The van der Waals surface area contributed by atoms with Crippen molar-refractivity contribution in [3.05, 3.63) is 37.0 Å². The number of aromatic amines is 1. The number of nitrogens with one attached hydrogen (secondary N) is 2. The minimum absolute atomic E-state index is 0.0298. The third-order valence-corrected chi connectivity index (χ3v) is 3.27. The second-order valence-electron chi connectivity index (χ2n) is 4.84. The maximum Gasteiger partial charge on any atom is 0.198 e. The smallest absolute Gasteiger partial charge is 0.198 e. The Labute approximate surface area is 130 Å². The van der Waals surface area contributed by atoms with Crippen LogP contribution in [0.5, 0.6) is 0 Å². The van der Waals surface area contributed by atoms with Crippen molar-refractivity contribution in [2.24, 2.45) is 0 Å². The lowest BCUT2D eigenvalue weighted by Gasteiger charge is -2.05. The largest absolute Gasteiger partial charge is 0.461 e. The van der Waals surface area contributed by atoms with Crippen LogP contribution in [0.4, 0.5) is 11.5 Å². The number of anilines is 2. The summed E-state index contributed by atoms with van der Waals surface area (Å²) in [4.78, 5) is 8.91. The molecule has 4 rings (SSSR count). The Balaban J connectivity index is 1.74. The predicted octanol–water partition coefficient (Wildman–Crippen LogP) is 1.55. The van der Waals surface area contributed by atoms with Crippen molar-refractivity contribution in [1.29, 1.82) is 0 Å². The van der Waals surface area contributed by atoms with Gasteiger partial charge in [0.2, 0.25) is 0 Å². The lowest BCUT2D eigenvalue weighted by molar-refractivity contribution is 0.269. The van der Waals surface area contributed by atoms with Gasteiger partial charge in [-0.15, -0.1) is 0 Å². The number of aliphatic hydroxyl groups excluding tert-OH is 1. The van der Waals surface area contributed by atoms with Crippen LogP contribution in [0.1, 0.15) is 0 Å². The summed E-state index contributed by atoms with van der Waals surface area (Å²) >= 11 is 0. The molecule has 0 spiro atoms. The van der Waals surface area contributed by atoms with Crippen molar-refractivity contribution in [2.75, 3.05) is 11.9 Å². The SMILES string of the molecule is OCCn1cc(Nc2nc(-c3ccco3)nc3cn[nH]c23)cn1. The fraction of sp³-hybridized carbons (Fsp3) is 0.143. The van der Waals surface area contributed by atoms with Crippen LogP contribution in [0.3, 0.4) is 0 Å². The van der Waals surface area contributed by atoms with Gasteiger partial charge in [0.1, 0.15) is 11.0 Å². The summed E-state index contributed by atoms with van der Waals surface area (Å²) < 4.78 is 7.00. The molecule has 9 heteroatoms. The molecule has 0 atom stereocenters. The predicted molar refractivity (Wildman–Crippen MR) is 82.0 cm³/mol. The first-order valence-corrected chi connectivity index (χ1v) is 6.99. The number of hydrogen-bond donors (Lipinski definition) is 3. The number of furan rings is 1. The van der Waals surface area contributed by atoms with Crippen LogP contribution in [0, 0.1) is 0 Å². The highest BCUT2D eigenvalue weighted by Crippen LogP contribution is 2.25. The van der Waals surface area contributed by atoms with Gasteiger partial charge in [-0.05, 0) is 12.1 Å². The minimum atomic E-state index is 0.0298. The third-order valence-electron chi connectivity index (χ3n) is 3.27. The Bertz CT molecular complexity index is 926. The first kappa shape index (κ1) is 13.5. The van der Waals surface area contributed by atoms with Crippen LogP contribution in [-0.2, 0) is 6.54 Å². The molecule has 4 heterocycles. The van der Waals surface area contributed by atoms with Gasteiger partial charge >= 0.3 is 0 Å². The zero-order valence-corrected chi connectivity index (χ0v) is 12.0. The van der Waals surface area contributed by atoms with Gasteiger partial charge in [-0.25, -0.2) is 9.97 Å². The van der Waals surface area contributed by atoms with E-state index in [-0.39, 0.29) is 6.61 Å². The van der Waals surface area contributed by atoms with Crippen LogP contribution < -0.4 is 5.32 Å². The number of H-pyrrole nitrogens is 1. The van der Waals surface area contributed by atoms with E-state index in [0.29, 0.717) is 35.0 Å². The van der Waals surface area contributed by atoms with Crippen molar-refractivity contribution < 1.29 is 9.52 Å². The molecule has 0 fully saturated rings. The molecule has 3 N–H and O–H groups in total. The number of hydrogen-bond acceptors (Lipinski definition) is 7. The Morgan fingerprint density at radius 1 is 1.30 bits per heavy atom. The topological polar surface area (TPSA) is 118 Å². The summed E-state index contributed by atoms with van der Waals surface area (Å²) in [5.41, 5.74) is 2.12. The van der Waals surface area contributed by atoms with E-state index in [4.69, 9.17) is 9.52 Å². The third kappa shape index (κ3) is 2.53. The fourth-order valence-electron chi connectivity index (χ4n) is 2.24. The van der Waals surface area contributed by atoms with Crippen LogP contribution in [-0.4, -0.2) is 41.7 Å². The lowest BCUT2D eigenvalue weighted by atomic mass is 10.3. The van der Waals surface area contributed by atoms with Crippen LogP contribution in [0.25, 0.3) is 22.6 Å². The Hall–Kier alpha value is -3.20. The van der Waals surface area contributed by atoms with Gasteiger partial charge in [0.15, 0.2) is 17.4 Å². The highest BCUT2D eigenvalue weighted by atomic mass is 16.3. The highest BCUT2D eigenvalue weighted by Gasteiger charge is 2.13. The molecule has 0 aliphatic carbocycles. The average Bonchev–Trinajstić information content (AvgIpc) is 3.29. The van der Waals surface area contributed by atoms with E-state index in [1.54, 1.807) is 41.7 Å². The Kier molecular flexibility index (Phi) is 3.24. The monoisotopic (exact) mass is 311 g/mol. The van der Waals surface area contributed by atoms with E-state index in [1.807, 2.05) is 0 Å². The van der Waals surface area contributed by atoms with Crippen molar-refractivity contribution in [1.82, 2.24) is 29.9 Å². The quantitative estimate of drug-likeness (QED) is 0.511. The maximum atomic E-state index is 8.95. The number of nitrogens with zero attached hydrogens (tertiary/aromatic N) is 5. The second kappa shape index (κ2) is 5.54. The van der Waals surface area contributed by atoms with Crippen molar-refractivity contribution >= 4 is 22.5 Å². The van der Waals surface area contributed by atoms with Gasteiger partial charge in [-0.2, -0.15) is 10.2 Å². The summed E-state index contributed by atoms with van der Waals surface area (Å²) in [6.07, 6.45) is 6.65. The van der Waals surface area contributed by atoms with Crippen molar-refractivity contribution in [2.45, 2.75) is 6.54 Å². The summed E-state index contributed by atoms with van der Waals surface area (Å²) in [5, 5.41) is 23.2. The molecule has 23 heavy (non-hydrogen) atoms. The molecule has 116 valence electrons. The Morgan fingerprint density at radius 2 is 2.26 bits per heavy atom. The summed E-state index contributed by atoms with van der Waals surface area (Å²) in [6, 6.07) is 3.58. The zero-order valence-electron chi connectivity index (χ0n) is 12.0. The average molecular weight is 311 g/mol. The number of aliphatic hydroxyl groups is 1. The highest BCUT2D eigenvalue weighted by molar-refractivity contribution is 5.88. The van der Waals surface area contributed by atoms with Gasteiger partial charge in [-0.1, -0.05) is 0 Å². The number of rotatable bonds is 5. The normalized spacial score (nSPS) is 11.2. The summed E-state index contributed by atoms with van der Waals surface area (Å²) in [5.74, 6) is 1.61. The zero-order chi connectivity index (χ0) is 15.6. The molecule has 4 aromatic heterocycles. The molecule has 0 unspecified atom stereocenters. The standard InChI is InChI=1S/C14H13N7O2/c22-4-3-21-8-9(6-16-21)17-14-12-10(7-15-20-12)18-13(19-14)11-2-1-5-23-11/h1-2,5-8,22H,3-4H2,(H,15,20)(H,17,18,19). The van der Waals surface area contributed by atoms with E-state index >= 15 is 0 Å². The maximum absolute atomic E-state index is 8.95. The van der Waals surface area contributed by atoms with Crippen LogP contribution >= 0.6 is 0 Å². The molecule has 0 saturated heterocycles. The van der Waals surface area contributed by atoms with E-state index < -0.39 is 0 Å². The number of aromatic nitrogens is 6. The molecule has 0 aromatic carbocycles. The fourth-order valence-corrected chi connectivity index (χ4v) is 2.24. The van der Waals surface area contributed by atoms with Crippen molar-refractivity contribution in [3.63, 3.8) is 0 Å². The summed E-state index contributed by atoms with van der Waals surface area (Å²) in [7, 11) is 0. The molecular weight excluding hydrogens is 298 g/mol. The van der Waals surface area contributed by atoms with Crippen LogP contribution in [0.15, 0.2) is 41.4 Å². The molecule has 0 bridgehead atoms. The van der Waals surface area contributed by atoms with E-state index in [1.165, 1.54) is 0 Å². The molecule has 0 radical (unpaired) electrons. The van der Waals surface area contributed by atoms with Gasteiger partial charge in [-0.3, -0.25) is 9.78 Å². The second-order valence-corrected chi connectivity index (χ2v) is 4.84. The van der Waals surface area contributed by atoms with E-state index in [0.717, 1.165) is 5.69 Å². The van der Waals surface area contributed by atoms with Crippen LogP contribution in [0.2, 0.25) is 0 Å². The van der Waals surface area contributed by atoms with Gasteiger partial charge in [0.25, 0.3) is 0 Å². The van der Waals surface area contributed by atoms with Gasteiger partial charge < -0.3 is 14.8 Å². The molecule has 0 amide bonds. The molecule has 0 saturated carbocycles. The summed E-state index contributed by atoms with van der Waals surface area (Å²) in [6.45, 7) is 0.463. The van der Waals surface area contributed by atoms with Crippen molar-refractivity contribution in [3.8, 4) is 11.6 Å². The van der Waals surface area contributed by atoms with E-state index in [9.17, 15) is 0 Å². The molecule has 0 aliphatic heterocycles. The first-order chi connectivity index (χ1) is 11.3. The lowest BCUT2D eigenvalue weighted by Crippen LogP contribution is -2.02. The molecule has 0 aliphatic rings. The molecule has 4 aromatic rings.